The molecule has 0 saturated heterocycles. The Kier molecular flexibility index (Phi) is 3.87. The molecule has 0 bridgehead atoms. The van der Waals surface area contributed by atoms with Crippen molar-refractivity contribution in [3.63, 3.8) is 0 Å². The normalized spacial score (nSPS) is 10.9. The molecule has 4 rings (SSSR count). The fourth-order valence-electron chi connectivity index (χ4n) is 2.37. The van der Waals surface area contributed by atoms with Gasteiger partial charge in [-0.05, 0) is 36.4 Å². The maximum absolute atomic E-state index is 12.2. The Morgan fingerprint density at radius 3 is 2.96 bits per heavy atom. The molecule has 0 fully saturated rings. The van der Waals surface area contributed by atoms with Gasteiger partial charge in [0.2, 0.25) is 0 Å². The number of hydrogen-bond donors (Lipinski definition) is 2. The average Bonchev–Trinajstić information content (AvgIpc) is 3.19. The number of H-pyrrole nitrogens is 1. The van der Waals surface area contributed by atoms with E-state index < -0.39 is 5.76 Å². The molecule has 124 valence electrons. The van der Waals surface area contributed by atoms with Gasteiger partial charge in [-0.1, -0.05) is 17.7 Å². The summed E-state index contributed by atoms with van der Waals surface area (Å²) in [5.74, 6) is -0.780. The zero-order valence-corrected chi connectivity index (χ0v) is 14.1. The molecule has 2 aromatic heterocycles. The van der Waals surface area contributed by atoms with E-state index in [0.29, 0.717) is 32.5 Å². The van der Waals surface area contributed by atoms with Gasteiger partial charge in [0.05, 0.1) is 11.2 Å². The quantitative estimate of drug-likeness (QED) is 0.566. The number of carbonyl (C=O) groups is 1. The number of nitrogens with zero attached hydrogens (tertiary/aromatic N) is 1. The number of nitrogens with one attached hydrogen (secondary N) is 2. The van der Waals surface area contributed by atoms with Gasteiger partial charge in [-0.2, -0.15) is 0 Å². The molecule has 0 spiro atoms. The minimum atomic E-state index is -0.500. The Labute approximate surface area is 150 Å². The molecule has 0 aliphatic rings. The van der Waals surface area contributed by atoms with Crippen LogP contribution in [0.5, 0.6) is 0 Å². The lowest BCUT2D eigenvalue weighted by molar-refractivity contribution is 0.102. The number of benzene rings is 2. The predicted molar refractivity (Wildman–Crippen MR) is 97.3 cm³/mol. The van der Waals surface area contributed by atoms with Crippen molar-refractivity contribution >= 4 is 45.1 Å². The van der Waals surface area contributed by atoms with Crippen LogP contribution in [0.15, 0.2) is 57.1 Å². The second kappa shape index (κ2) is 6.19. The molecular formula is C17H10ClN3O3S. The molecule has 8 heteroatoms. The molecule has 0 unspecified atom stereocenters. The third kappa shape index (κ3) is 3.19. The van der Waals surface area contributed by atoms with E-state index in [0.717, 1.165) is 5.56 Å². The lowest BCUT2D eigenvalue weighted by Gasteiger charge is -2.02. The van der Waals surface area contributed by atoms with Gasteiger partial charge < -0.3 is 4.42 Å². The Bertz CT molecular complexity index is 1150. The zero-order chi connectivity index (χ0) is 17.4. The summed E-state index contributed by atoms with van der Waals surface area (Å²) in [5, 5.41) is 5.54. The molecule has 0 aliphatic heterocycles. The highest BCUT2D eigenvalue weighted by atomic mass is 35.5. The van der Waals surface area contributed by atoms with Gasteiger partial charge in [0.25, 0.3) is 5.91 Å². The first-order valence-corrected chi connectivity index (χ1v) is 8.50. The Morgan fingerprint density at radius 2 is 2.12 bits per heavy atom. The number of halogens is 1. The minimum Gasteiger partial charge on any atom is -0.408 e. The third-order valence-corrected chi connectivity index (χ3v) is 4.52. The van der Waals surface area contributed by atoms with Crippen molar-refractivity contribution in [2.75, 3.05) is 5.32 Å². The van der Waals surface area contributed by atoms with Crippen molar-refractivity contribution in [3.05, 3.63) is 69.0 Å². The SMILES string of the molecule is O=C(Nc1nc(-c2ccc3oc(=O)[nH]c3c2)cs1)c1cccc(Cl)c1. The number of aromatic nitrogens is 2. The highest BCUT2D eigenvalue weighted by Crippen LogP contribution is 2.27. The number of aromatic amines is 1. The average molecular weight is 372 g/mol. The lowest BCUT2D eigenvalue weighted by atomic mass is 10.1. The molecule has 0 radical (unpaired) electrons. The van der Waals surface area contributed by atoms with Gasteiger partial charge >= 0.3 is 5.76 Å². The van der Waals surface area contributed by atoms with Gasteiger partial charge in [-0.15, -0.1) is 11.3 Å². The van der Waals surface area contributed by atoms with Gasteiger partial charge in [-0.25, -0.2) is 9.78 Å². The number of hydrogen-bond acceptors (Lipinski definition) is 5. The van der Waals surface area contributed by atoms with E-state index in [9.17, 15) is 9.59 Å². The van der Waals surface area contributed by atoms with Gasteiger partial charge in [0, 0.05) is 21.5 Å². The Hall–Kier alpha value is -2.90. The molecule has 2 heterocycles. The minimum absolute atomic E-state index is 0.280. The lowest BCUT2D eigenvalue weighted by Crippen LogP contribution is -2.11. The van der Waals surface area contributed by atoms with E-state index in [-0.39, 0.29) is 5.91 Å². The summed E-state index contributed by atoms with van der Waals surface area (Å²) in [7, 11) is 0. The van der Waals surface area contributed by atoms with Crippen molar-refractivity contribution < 1.29 is 9.21 Å². The van der Waals surface area contributed by atoms with E-state index in [1.54, 1.807) is 42.5 Å². The van der Waals surface area contributed by atoms with Gasteiger partial charge in [-0.3, -0.25) is 15.1 Å². The first kappa shape index (κ1) is 15.6. The summed E-state index contributed by atoms with van der Waals surface area (Å²) in [4.78, 5) is 30.5. The van der Waals surface area contributed by atoms with Crippen LogP contribution in [-0.2, 0) is 0 Å². The van der Waals surface area contributed by atoms with E-state index in [4.69, 9.17) is 16.0 Å². The molecule has 2 N–H and O–H groups in total. The van der Waals surface area contributed by atoms with Crippen LogP contribution in [0, 0.1) is 0 Å². The van der Waals surface area contributed by atoms with Crippen molar-refractivity contribution in [1.82, 2.24) is 9.97 Å². The molecule has 25 heavy (non-hydrogen) atoms. The summed E-state index contributed by atoms with van der Waals surface area (Å²) >= 11 is 7.21. The van der Waals surface area contributed by atoms with Crippen LogP contribution < -0.4 is 11.1 Å². The van der Waals surface area contributed by atoms with Crippen molar-refractivity contribution in [2.24, 2.45) is 0 Å². The number of oxazole rings is 1. The zero-order valence-electron chi connectivity index (χ0n) is 12.6. The molecule has 1 amide bonds. The fourth-order valence-corrected chi connectivity index (χ4v) is 3.28. The number of thiazole rings is 1. The Balaban J connectivity index is 1.58. The second-order valence-corrected chi connectivity index (χ2v) is 6.52. The molecule has 4 aromatic rings. The number of anilines is 1. The molecule has 0 atom stereocenters. The van der Waals surface area contributed by atoms with Crippen LogP contribution in [0.2, 0.25) is 5.02 Å². The van der Waals surface area contributed by atoms with E-state index in [2.05, 4.69) is 15.3 Å². The van der Waals surface area contributed by atoms with E-state index in [1.165, 1.54) is 11.3 Å². The topological polar surface area (TPSA) is 88.0 Å². The van der Waals surface area contributed by atoms with Crippen molar-refractivity contribution in [2.45, 2.75) is 0 Å². The van der Waals surface area contributed by atoms with Crippen LogP contribution >= 0.6 is 22.9 Å². The summed E-state index contributed by atoms with van der Waals surface area (Å²) < 4.78 is 4.98. The number of fused-ring (bicyclic) bond motifs is 1. The molecule has 2 aromatic carbocycles. The van der Waals surface area contributed by atoms with Crippen LogP contribution in [0.25, 0.3) is 22.4 Å². The number of carbonyl (C=O) groups excluding carboxylic acids is 1. The monoisotopic (exact) mass is 371 g/mol. The van der Waals surface area contributed by atoms with Gasteiger partial charge in [0.1, 0.15) is 0 Å². The standard InChI is InChI=1S/C17H10ClN3O3S/c18-11-3-1-2-10(6-11)15(22)21-16-19-13(8-25-16)9-4-5-14-12(7-9)20-17(23)24-14/h1-8H,(H,20,23)(H,19,21,22). The maximum atomic E-state index is 12.2. The first-order chi connectivity index (χ1) is 12.1. The first-order valence-electron chi connectivity index (χ1n) is 7.24. The Morgan fingerprint density at radius 1 is 1.24 bits per heavy atom. The molecule has 0 saturated carbocycles. The molecular weight excluding hydrogens is 362 g/mol. The maximum Gasteiger partial charge on any atom is 0.417 e. The molecule has 0 aliphatic carbocycles. The summed E-state index contributed by atoms with van der Waals surface area (Å²) in [6.07, 6.45) is 0. The van der Waals surface area contributed by atoms with Crippen LogP contribution in [0.4, 0.5) is 5.13 Å². The van der Waals surface area contributed by atoms with Crippen LogP contribution in [-0.4, -0.2) is 15.9 Å². The molecule has 6 nitrogen and oxygen atoms in total. The van der Waals surface area contributed by atoms with E-state index >= 15 is 0 Å². The highest BCUT2D eigenvalue weighted by molar-refractivity contribution is 7.14. The van der Waals surface area contributed by atoms with Crippen molar-refractivity contribution in [1.29, 1.82) is 0 Å². The highest BCUT2D eigenvalue weighted by Gasteiger charge is 2.11. The smallest absolute Gasteiger partial charge is 0.408 e. The fraction of sp³-hybridized carbons (Fsp3) is 0. The predicted octanol–water partition coefficient (Wildman–Crippen LogP) is 4.15. The number of amides is 1. The largest absolute Gasteiger partial charge is 0.417 e. The van der Waals surface area contributed by atoms with Crippen molar-refractivity contribution in [3.8, 4) is 11.3 Å². The third-order valence-electron chi connectivity index (χ3n) is 3.53. The summed E-state index contributed by atoms with van der Waals surface area (Å²) in [6, 6.07) is 12.0. The van der Waals surface area contributed by atoms with E-state index in [1.807, 2.05) is 5.38 Å². The van der Waals surface area contributed by atoms with Crippen LogP contribution in [0.3, 0.4) is 0 Å². The number of rotatable bonds is 3. The summed E-state index contributed by atoms with van der Waals surface area (Å²) in [6.45, 7) is 0. The van der Waals surface area contributed by atoms with Gasteiger partial charge in [0.15, 0.2) is 10.7 Å². The second-order valence-electron chi connectivity index (χ2n) is 5.23. The summed E-state index contributed by atoms with van der Waals surface area (Å²) in [5.41, 5.74) is 3.04. The van der Waals surface area contributed by atoms with Crippen LogP contribution in [0.1, 0.15) is 10.4 Å².